The maximum Gasteiger partial charge on any atom is 0.170 e. The van der Waals surface area contributed by atoms with Crippen LogP contribution in [0.25, 0.3) is 5.57 Å². The fourth-order valence-electron chi connectivity index (χ4n) is 4.70. The van der Waals surface area contributed by atoms with Gasteiger partial charge in [-0.3, -0.25) is 4.98 Å². The van der Waals surface area contributed by atoms with E-state index in [2.05, 4.69) is 91.3 Å². The number of hydrogen-bond donors (Lipinski definition) is 1. The first-order valence-corrected chi connectivity index (χ1v) is 11.3. The van der Waals surface area contributed by atoms with E-state index in [9.17, 15) is 0 Å². The molecule has 3 heterocycles. The van der Waals surface area contributed by atoms with Gasteiger partial charge < -0.3 is 15.1 Å². The quantitative estimate of drug-likeness (QED) is 0.647. The van der Waals surface area contributed by atoms with Gasteiger partial charge in [0, 0.05) is 31.0 Å². The van der Waals surface area contributed by atoms with Crippen LogP contribution < -0.4 is 10.2 Å². The van der Waals surface area contributed by atoms with Gasteiger partial charge in [0.2, 0.25) is 0 Å². The molecule has 4 rings (SSSR count). The van der Waals surface area contributed by atoms with Crippen molar-refractivity contribution in [3.05, 3.63) is 65.5 Å². The van der Waals surface area contributed by atoms with Crippen LogP contribution in [0.5, 0.6) is 0 Å². The number of benzene rings is 1. The van der Waals surface area contributed by atoms with Crippen molar-refractivity contribution in [1.29, 1.82) is 0 Å². The molecular weight excluding hydrogens is 388 g/mol. The van der Waals surface area contributed by atoms with Crippen LogP contribution in [0.2, 0.25) is 0 Å². The third kappa shape index (κ3) is 3.60. The second-order valence-electron chi connectivity index (χ2n) is 8.99. The average Bonchev–Trinajstić information content (AvgIpc) is 3.06. The van der Waals surface area contributed by atoms with Gasteiger partial charge in [-0.15, -0.1) is 0 Å². The Morgan fingerprint density at radius 2 is 2.00 bits per heavy atom. The Hall–Kier alpha value is -2.40. The number of fused-ring (bicyclic) bond motifs is 1. The Morgan fingerprint density at radius 3 is 2.70 bits per heavy atom. The summed E-state index contributed by atoms with van der Waals surface area (Å²) >= 11 is 5.77. The first-order chi connectivity index (χ1) is 14.3. The molecule has 1 aromatic carbocycles. The second-order valence-corrected chi connectivity index (χ2v) is 9.38. The van der Waals surface area contributed by atoms with Crippen molar-refractivity contribution >= 4 is 28.6 Å². The lowest BCUT2D eigenvalue weighted by Gasteiger charge is -2.41. The number of unbranched alkanes of at least 4 members (excludes halogenated alkanes) is 1. The van der Waals surface area contributed by atoms with E-state index in [-0.39, 0.29) is 17.6 Å². The minimum absolute atomic E-state index is 0.0126. The van der Waals surface area contributed by atoms with Crippen LogP contribution in [0.1, 0.15) is 69.4 Å². The third-order valence-corrected chi connectivity index (χ3v) is 6.89. The van der Waals surface area contributed by atoms with Gasteiger partial charge in [-0.1, -0.05) is 31.6 Å². The van der Waals surface area contributed by atoms with Crippen molar-refractivity contribution in [2.75, 3.05) is 18.5 Å². The maximum atomic E-state index is 5.77. The highest BCUT2D eigenvalue weighted by Crippen LogP contribution is 2.43. The van der Waals surface area contributed by atoms with Crippen LogP contribution in [0.15, 0.2) is 48.7 Å². The number of likely N-dealkylation sites (N-methyl/N-ethyl adjacent to an activating group) is 1. The Balaban J connectivity index is 1.79. The summed E-state index contributed by atoms with van der Waals surface area (Å²) in [6.07, 6.45) is 6.49. The molecule has 0 spiro atoms. The molecule has 0 aliphatic carbocycles. The molecule has 2 atom stereocenters. The highest BCUT2D eigenvalue weighted by molar-refractivity contribution is 7.80. The van der Waals surface area contributed by atoms with Crippen LogP contribution in [0.3, 0.4) is 0 Å². The molecule has 1 aromatic heterocycles. The lowest BCUT2D eigenvalue weighted by molar-refractivity contribution is 0.313. The zero-order valence-electron chi connectivity index (χ0n) is 18.6. The molecule has 2 aliphatic heterocycles. The van der Waals surface area contributed by atoms with Crippen LogP contribution in [-0.4, -0.2) is 34.1 Å². The first kappa shape index (κ1) is 20.9. The number of pyridine rings is 1. The number of allylic oxidation sites excluding steroid dienone is 1. The number of aromatic nitrogens is 1. The molecule has 0 radical (unpaired) electrons. The number of hydrogen-bond acceptors (Lipinski definition) is 3. The molecule has 30 heavy (non-hydrogen) atoms. The zero-order chi connectivity index (χ0) is 21.5. The van der Waals surface area contributed by atoms with Gasteiger partial charge in [0.05, 0.1) is 23.3 Å². The zero-order valence-corrected chi connectivity index (χ0v) is 19.5. The van der Waals surface area contributed by atoms with Crippen LogP contribution in [0.4, 0.5) is 5.69 Å². The second kappa shape index (κ2) is 8.03. The van der Waals surface area contributed by atoms with Gasteiger partial charge in [0.25, 0.3) is 0 Å². The Bertz CT molecular complexity index is 966. The number of nitrogens with zero attached hydrogens (tertiary/aromatic N) is 3. The molecule has 1 saturated heterocycles. The number of anilines is 1. The topological polar surface area (TPSA) is 31.4 Å². The molecule has 1 fully saturated rings. The monoisotopic (exact) mass is 420 g/mol. The summed E-state index contributed by atoms with van der Waals surface area (Å²) in [6, 6.07) is 13.2. The molecule has 5 heteroatoms. The van der Waals surface area contributed by atoms with Crippen molar-refractivity contribution in [3.63, 3.8) is 0 Å². The predicted molar refractivity (Wildman–Crippen MR) is 130 cm³/mol. The predicted octanol–water partition coefficient (Wildman–Crippen LogP) is 5.49. The minimum Gasteiger partial charge on any atom is -0.366 e. The van der Waals surface area contributed by atoms with Crippen LogP contribution in [0, 0.1) is 0 Å². The van der Waals surface area contributed by atoms with E-state index in [4.69, 9.17) is 12.2 Å². The summed E-state index contributed by atoms with van der Waals surface area (Å²) in [5.41, 5.74) is 6.26. The molecule has 0 saturated carbocycles. The maximum absolute atomic E-state index is 5.77. The minimum atomic E-state index is 0.0126. The van der Waals surface area contributed by atoms with Gasteiger partial charge in [0.15, 0.2) is 5.11 Å². The van der Waals surface area contributed by atoms with E-state index in [0.717, 1.165) is 30.2 Å². The molecule has 2 aromatic rings. The molecule has 158 valence electrons. The Morgan fingerprint density at radius 1 is 1.20 bits per heavy atom. The number of thiocarbonyl (C=S) groups is 1. The molecule has 1 N–H and O–H groups in total. The number of rotatable bonds is 5. The molecular formula is C25H32N4S. The van der Waals surface area contributed by atoms with Crippen molar-refractivity contribution in [2.45, 2.75) is 58.2 Å². The smallest absolute Gasteiger partial charge is 0.170 e. The van der Waals surface area contributed by atoms with Gasteiger partial charge in [0.1, 0.15) is 0 Å². The summed E-state index contributed by atoms with van der Waals surface area (Å²) in [6.45, 7) is 9.92. The third-order valence-electron chi connectivity index (χ3n) is 6.53. The van der Waals surface area contributed by atoms with Gasteiger partial charge in [-0.2, -0.15) is 0 Å². The first-order valence-electron chi connectivity index (χ1n) is 10.9. The van der Waals surface area contributed by atoms with E-state index in [1.54, 1.807) is 0 Å². The average molecular weight is 421 g/mol. The van der Waals surface area contributed by atoms with Gasteiger partial charge >= 0.3 is 0 Å². The fourth-order valence-corrected chi connectivity index (χ4v) is 5.03. The summed E-state index contributed by atoms with van der Waals surface area (Å²) in [7, 11) is 2.18. The van der Waals surface area contributed by atoms with Crippen molar-refractivity contribution < 1.29 is 0 Å². The summed E-state index contributed by atoms with van der Waals surface area (Å²) < 4.78 is 0. The summed E-state index contributed by atoms with van der Waals surface area (Å²) in [5, 5.41) is 4.39. The lowest BCUT2D eigenvalue weighted by Crippen LogP contribution is -2.42. The normalized spacial score (nSPS) is 22.6. The Kier molecular flexibility index (Phi) is 5.58. The summed E-state index contributed by atoms with van der Waals surface area (Å²) in [4.78, 5) is 9.37. The fraction of sp³-hybridized carbons (Fsp3) is 0.440. The SMILES string of the molecule is CCCCN1C(=S)NC(c2ccccn2)C1c1ccc2c(c1)C(C)=CC(C)(C)N2C. The highest BCUT2D eigenvalue weighted by Gasteiger charge is 2.40. The van der Waals surface area contributed by atoms with Gasteiger partial charge in [-0.05, 0) is 74.8 Å². The lowest BCUT2D eigenvalue weighted by atomic mass is 9.86. The van der Waals surface area contributed by atoms with E-state index >= 15 is 0 Å². The molecule has 2 aliphatic rings. The van der Waals surface area contributed by atoms with Crippen molar-refractivity contribution in [3.8, 4) is 0 Å². The van der Waals surface area contributed by atoms with E-state index in [0.29, 0.717) is 0 Å². The largest absolute Gasteiger partial charge is 0.366 e. The molecule has 0 bridgehead atoms. The van der Waals surface area contributed by atoms with Crippen LogP contribution >= 0.6 is 12.2 Å². The molecule has 0 amide bonds. The molecule has 4 nitrogen and oxygen atoms in total. The van der Waals surface area contributed by atoms with Crippen molar-refractivity contribution in [2.24, 2.45) is 0 Å². The highest BCUT2D eigenvalue weighted by atomic mass is 32.1. The molecule has 2 unspecified atom stereocenters. The standard InChI is InChI=1S/C25H32N4S/c1-6-7-14-29-23(22(27-24(29)30)20-10-8-9-13-26-20)18-11-12-21-19(15-18)17(2)16-25(3,4)28(21)5/h8-13,15-16,22-23H,6-7,14H2,1-5H3,(H,27,30). The van der Waals surface area contributed by atoms with Crippen LogP contribution in [-0.2, 0) is 0 Å². The Labute approximate surface area is 186 Å². The van der Waals surface area contributed by atoms with Crippen molar-refractivity contribution in [1.82, 2.24) is 15.2 Å². The van der Waals surface area contributed by atoms with E-state index < -0.39 is 0 Å². The summed E-state index contributed by atoms with van der Waals surface area (Å²) in [5.74, 6) is 0. The van der Waals surface area contributed by atoms with E-state index in [1.807, 2.05) is 12.3 Å². The number of nitrogens with one attached hydrogen (secondary N) is 1. The van der Waals surface area contributed by atoms with E-state index in [1.165, 1.54) is 22.4 Å². The van der Waals surface area contributed by atoms with Gasteiger partial charge in [-0.25, -0.2) is 0 Å².